The third-order valence-electron chi connectivity index (χ3n) is 4.73. The first-order valence-corrected chi connectivity index (χ1v) is 12.0. The Morgan fingerprint density at radius 2 is 1.84 bits per heavy atom. The highest BCUT2D eigenvalue weighted by atomic mass is 32.2. The molecule has 6 N–H and O–H groups in total. The van der Waals surface area contributed by atoms with Crippen LogP contribution in [0.1, 0.15) is 25.7 Å². The van der Waals surface area contributed by atoms with Gasteiger partial charge in [0.1, 0.15) is 24.1 Å². The molecule has 1 aromatic rings. The average molecular weight is 489 g/mol. The Balaban J connectivity index is 1.89. The summed E-state index contributed by atoms with van der Waals surface area (Å²) in [4.78, 5) is 0. The van der Waals surface area contributed by atoms with Gasteiger partial charge in [-0.05, 0) is 55.7 Å². The van der Waals surface area contributed by atoms with Gasteiger partial charge in [0.2, 0.25) is 6.29 Å². The van der Waals surface area contributed by atoms with Gasteiger partial charge in [0, 0.05) is 18.7 Å². The lowest BCUT2D eigenvalue weighted by molar-refractivity contribution is -0.272. The number of terminal acetylenes is 1. The first-order valence-electron chi connectivity index (χ1n) is 10.0. The van der Waals surface area contributed by atoms with E-state index in [9.17, 15) is 23.7 Å². The highest BCUT2D eigenvalue weighted by Crippen LogP contribution is 2.26. The van der Waals surface area contributed by atoms with Gasteiger partial charge >= 0.3 is 0 Å². The normalized spacial score (nSPS) is 25.5. The van der Waals surface area contributed by atoms with E-state index >= 15 is 0 Å². The second-order valence-corrected chi connectivity index (χ2v) is 9.25. The number of aliphatic hydroxyl groups is 3. The summed E-state index contributed by atoms with van der Waals surface area (Å²) in [6.07, 6.45) is 0.189. The highest BCUT2D eigenvalue weighted by Gasteiger charge is 2.45. The van der Waals surface area contributed by atoms with Crippen molar-refractivity contribution >= 4 is 33.1 Å². The Kier molecular flexibility index (Phi) is 10.1. The summed E-state index contributed by atoms with van der Waals surface area (Å²) in [6, 6.07) is 6.52. The molecule has 1 saturated heterocycles. The summed E-state index contributed by atoms with van der Waals surface area (Å²) in [5.41, 5.74) is 0.685. The lowest BCUT2D eigenvalue weighted by Gasteiger charge is -2.40. The summed E-state index contributed by atoms with van der Waals surface area (Å²) >= 11 is 5.22. The van der Waals surface area contributed by atoms with E-state index in [1.807, 2.05) is 0 Å². The minimum Gasteiger partial charge on any atom is -0.462 e. The number of nitrogens with one attached hydrogen (secondary N) is 2. The maximum Gasteiger partial charge on any atom is 0.264 e. The van der Waals surface area contributed by atoms with Crippen LogP contribution >= 0.6 is 12.2 Å². The minimum atomic E-state index is -4.29. The second-order valence-electron chi connectivity index (χ2n) is 7.27. The SMILES string of the molecule is C#CCCCCNC(=S)Nc1ccc(O[C@H]2O[C@H](CCS(=O)(=O)O)[C@@H](O)[C@H](O)[C@@H]2O)cc1. The summed E-state index contributed by atoms with van der Waals surface area (Å²) < 4.78 is 41.8. The Hall–Kier alpha value is -1.98. The average Bonchev–Trinajstić information content (AvgIpc) is 2.74. The lowest BCUT2D eigenvalue weighted by Crippen LogP contribution is -2.59. The third kappa shape index (κ3) is 8.51. The maximum atomic E-state index is 11.0. The molecule has 1 aliphatic heterocycles. The molecule has 1 fully saturated rings. The molecule has 12 heteroatoms. The molecule has 0 amide bonds. The van der Waals surface area contributed by atoms with Crippen molar-refractivity contribution in [3.05, 3.63) is 24.3 Å². The van der Waals surface area contributed by atoms with Crippen molar-refractivity contribution in [2.45, 2.75) is 56.4 Å². The van der Waals surface area contributed by atoms with Crippen LogP contribution in [0.3, 0.4) is 0 Å². The van der Waals surface area contributed by atoms with E-state index in [0.29, 0.717) is 23.1 Å². The Morgan fingerprint density at radius 1 is 1.16 bits per heavy atom. The van der Waals surface area contributed by atoms with Crippen LogP contribution in [-0.2, 0) is 14.9 Å². The van der Waals surface area contributed by atoms with Crippen molar-refractivity contribution in [2.24, 2.45) is 0 Å². The zero-order chi connectivity index (χ0) is 23.7. The Bertz CT molecular complexity index is 888. The fourth-order valence-electron chi connectivity index (χ4n) is 3.00. The van der Waals surface area contributed by atoms with Gasteiger partial charge in [0.05, 0.1) is 11.9 Å². The van der Waals surface area contributed by atoms with Gasteiger partial charge in [0.25, 0.3) is 10.1 Å². The monoisotopic (exact) mass is 488 g/mol. The number of rotatable bonds is 10. The topological polar surface area (TPSA) is 158 Å². The number of aliphatic hydroxyl groups excluding tert-OH is 3. The van der Waals surface area contributed by atoms with E-state index in [-0.39, 0.29) is 6.42 Å². The quantitative estimate of drug-likeness (QED) is 0.116. The summed E-state index contributed by atoms with van der Waals surface area (Å²) in [5.74, 6) is 2.20. The number of anilines is 1. The highest BCUT2D eigenvalue weighted by molar-refractivity contribution is 7.85. The number of ether oxygens (including phenoxy) is 2. The standard InChI is InChI=1S/C20H28N2O8S2/c1-2-3-4-5-11-21-20(31)22-13-6-8-14(9-7-13)29-19-18(25)17(24)16(23)15(30-19)10-12-32(26,27)28/h1,6-9,15-19,23-25H,3-5,10-12H2,(H2,21,22,31)(H,26,27,28)/t15-,16-,17+,18+,19+/m1/s1. The zero-order valence-electron chi connectivity index (χ0n) is 17.3. The van der Waals surface area contributed by atoms with Crippen LogP contribution in [0.5, 0.6) is 5.75 Å². The van der Waals surface area contributed by atoms with Crippen molar-refractivity contribution in [1.29, 1.82) is 0 Å². The molecule has 1 heterocycles. The van der Waals surface area contributed by atoms with E-state index < -0.39 is 46.6 Å². The maximum absolute atomic E-state index is 11.0. The van der Waals surface area contributed by atoms with Gasteiger partial charge in [-0.3, -0.25) is 4.55 Å². The number of hydrogen-bond acceptors (Lipinski definition) is 8. The van der Waals surface area contributed by atoms with Gasteiger partial charge < -0.3 is 35.4 Å². The molecule has 0 radical (unpaired) electrons. The van der Waals surface area contributed by atoms with Crippen molar-refractivity contribution < 1.29 is 37.8 Å². The molecule has 0 bridgehead atoms. The van der Waals surface area contributed by atoms with Crippen LogP contribution in [0.2, 0.25) is 0 Å². The van der Waals surface area contributed by atoms with E-state index in [0.717, 1.165) is 19.3 Å². The molecule has 1 aromatic carbocycles. The molecule has 178 valence electrons. The van der Waals surface area contributed by atoms with Crippen LogP contribution in [-0.4, -0.2) is 76.4 Å². The molecule has 0 saturated carbocycles. The fraction of sp³-hybridized carbons (Fsp3) is 0.550. The van der Waals surface area contributed by atoms with Crippen LogP contribution in [0.4, 0.5) is 5.69 Å². The first kappa shape index (κ1) is 26.3. The van der Waals surface area contributed by atoms with Gasteiger partial charge in [-0.1, -0.05) is 0 Å². The Morgan fingerprint density at radius 3 is 2.47 bits per heavy atom. The second kappa shape index (κ2) is 12.3. The van der Waals surface area contributed by atoms with E-state index in [1.54, 1.807) is 24.3 Å². The third-order valence-corrected chi connectivity index (χ3v) is 5.72. The van der Waals surface area contributed by atoms with Crippen molar-refractivity contribution in [2.75, 3.05) is 17.6 Å². The summed E-state index contributed by atoms with van der Waals surface area (Å²) in [6.45, 7) is 0.693. The molecule has 2 rings (SSSR count). The van der Waals surface area contributed by atoms with Gasteiger partial charge in [-0.2, -0.15) is 8.42 Å². The first-order chi connectivity index (χ1) is 15.1. The molecule has 0 spiro atoms. The van der Waals surface area contributed by atoms with Gasteiger partial charge in [-0.15, -0.1) is 12.3 Å². The van der Waals surface area contributed by atoms with E-state index in [2.05, 4.69) is 16.6 Å². The van der Waals surface area contributed by atoms with Crippen molar-refractivity contribution in [1.82, 2.24) is 5.32 Å². The zero-order valence-corrected chi connectivity index (χ0v) is 18.9. The molecule has 0 aliphatic carbocycles. The lowest BCUT2D eigenvalue weighted by atomic mass is 9.97. The molecule has 5 atom stereocenters. The van der Waals surface area contributed by atoms with Crippen LogP contribution in [0.25, 0.3) is 0 Å². The molecule has 0 aromatic heterocycles. The predicted molar refractivity (Wildman–Crippen MR) is 122 cm³/mol. The number of hydrogen-bond donors (Lipinski definition) is 6. The molecule has 1 aliphatic rings. The van der Waals surface area contributed by atoms with Crippen molar-refractivity contribution in [3.63, 3.8) is 0 Å². The van der Waals surface area contributed by atoms with Crippen LogP contribution in [0.15, 0.2) is 24.3 Å². The van der Waals surface area contributed by atoms with E-state index in [4.69, 9.17) is 32.7 Å². The minimum absolute atomic E-state index is 0.292. The Labute approximate surface area is 192 Å². The van der Waals surface area contributed by atoms with Crippen LogP contribution in [0, 0.1) is 12.3 Å². The molecular formula is C20H28N2O8S2. The molecule has 10 nitrogen and oxygen atoms in total. The van der Waals surface area contributed by atoms with Gasteiger partial charge in [-0.25, -0.2) is 0 Å². The largest absolute Gasteiger partial charge is 0.462 e. The number of unbranched alkanes of at least 4 members (excludes halogenated alkanes) is 2. The smallest absolute Gasteiger partial charge is 0.264 e. The summed E-state index contributed by atoms with van der Waals surface area (Å²) in [7, 11) is -4.29. The number of benzene rings is 1. The van der Waals surface area contributed by atoms with Crippen LogP contribution < -0.4 is 15.4 Å². The fourth-order valence-corrected chi connectivity index (χ4v) is 3.75. The molecule has 32 heavy (non-hydrogen) atoms. The molecular weight excluding hydrogens is 460 g/mol. The predicted octanol–water partition coefficient (Wildman–Crippen LogP) is 0.241. The number of thiocarbonyl (C=S) groups is 1. The summed E-state index contributed by atoms with van der Waals surface area (Å²) in [5, 5.41) is 36.7. The van der Waals surface area contributed by atoms with E-state index in [1.165, 1.54) is 0 Å². The van der Waals surface area contributed by atoms with Gasteiger partial charge in [0.15, 0.2) is 5.11 Å². The molecule has 0 unspecified atom stereocenters. The van der Waals surface area contributed by atoms with Crippen molar-refractivity contribution in [3.8, 4) is 18.1 Å².